The van der Waals surface area contributed by atoms with Crippen LogP contribution in [0.4, 0.5) is 0 Å². The third-order valence-corrected chi connectivity index (χ3v) is 6.90. The molecule has 0 aliphatic carbocycles. The lowest BCUT2D eigenvalue weighted by atomic mass is 9.99. The van der Waals surface area contributed by atoms with Crippen LogP contribution in [0.3, 0.4) is 0 Å². The summed E-state index contributed by atoms with van der Waals surface area (Å²) in [6.45, 7) is 1.98. The molecule has 0 spiro atoms. The molecule has 0 amide bonds. The van der Waals surface area contributed by atoms with Crippen molar-refractivity contribution in [2.24, 2.45) is 7.05 Å². The largest absolute Gasteiger partial charge is 0.273 e. The Hall–Kier alpha value is -3.47. The molecule has 8 heteroatoms. The van der Waals surface area contributed by atoms with E-state index in [0.29, 0.717) is 22.4 Å². The highest BCUT2D eigenvalue weighted by Gasteiger charge is 2.22. The molecule has 1 N–H and O–H groups in total. The zero-order valence-corrected chi connectivity index (χ0v) is 18.3. The molecule has 5 rings (SSSR count). The molecule has 152 valence electrons. The molecule has 2 aromatic carbocycles. The van der Waals surface area contributed by atoms with Crippen LogP contribution in [0.1, 0.15) is 18.2 Å². The highest BCUT2D eigenvalue weighted by molar-refractivity contribution is 7.22. The zero-order chi connectivity index (χ0) is 21.7. The maximum Gasteiger partial charge on any atom is 0.273 e. The van der Waals surface area contributed by atoms with Gasteiger partial charge in [-0.05, 0) is 30.2 Å². The Morgan fingerprint density at radius 3 is 2.84 bits per heavy atom. The SMILES string of the molecule is CCc1n[nH]c(=O)c2c(Cl)cc(-c3cnn(C)c3-c3sc4ccccc4c3C#N)cc12. The number of benzene rings is 2. The lowest BCUT2D eigenvalue weighted by Gasteiger charge is -2.09. The van der Waals surface area contributed by atoms with Crippen LogP contribution in [-0.4, -0.2) is 20.0 Å². The molecule has 0 fully saturated rings. The van der Waals surface area contributed by atoms with Gasteiger partial charge in [0.25, 0.3) is 5.56 Å². The van der Waals surface area contributed by atoms with Gasteiger partial charge in [0.05, 0.1) is 38.4 Å². The van der Waals surface area contributed by atoms with Crippen LogP contribution in [-0.2, 0) is 13.5 Å². The predicted molar refractivity (Wildman–Crippen MR) is 124 cm³/mol. The maximum atomic E-state index is 12.3. The number of rotatable bonds is 3. The summed E-state index contributed by atoms with van der Waals surface area (Å²) in [7, 11) is 1.86. The number of nitriles is 1. The van der Waals surface area contributed by atoms with E-state index in [2.05, 4.69) is 21.4 Å². The van der Waals surface area contributed by atoms with E-state index >= 15 is 0 Å². The molecule has 0 aliphatic heterocycles. The van der Waals surface area contributed by atoms with E-state index in [-0.39, 0.29) is 5.56 Å². The van der Waals surface area contributed by atoms with Gasteiger partial charge in [-0.1, -0.05) is 36.7 Å². The Bertz CT molecular complexity index is 1590. The van der Waals surface area contributed by atoms with Gasteiger partial charge in [-0.3, -0.25) is 9.48 Å². The van der Waals surface area contributed by atoms with Crippen molar-refractivity contribution in [3.8, 4) is 27.8 Å². The van der Waals surface area contributed by atoms with Crippen molar-refractivity contribution in [3.05, 3.63) is 69.2 Å². The number of aromatic amines is 1. The van der Waals surface area contributed by atoms with E-state index in [1.54, 1.807) is 28.3 Å². The number of aryl methyl sites for hydroxylation is 2. The van der Waals surface area contributed by atoms with Crippen LogP contribution < -0.4 is 5.56 Å². The van der Waals surface area contributed by atoms with Crippen LogP contribution in [0, 0.1) is 11.3 Å². The van der Waals surface area contributed by atoms with Crippen molar-refractivity contribution < 1.29 is 0 Å². The van der Waals surface area contributed by atoms with Crippen molar-refractivity contribution in [1.29, 1.82) is 5.26 Å². The minimum atomic E-state index is -0.313. The minimum absolute atomic E-state index is 0.313. The van der Waals surface area contributed by atoms with E-state index in [4.69, 9.17) is 11.6 Å². The Morgan fingerprint density at radius 1 is 1.26 bits per heavy atom. The summed E-state index contributed by atoms with van der Waals surface area (Å²) in [5, 5.41) is 23.5. The van der Waals surface area contributed by atoms with Gasteiger partial charge in [0.2, 0.25) is 0 Å². The average molecular weight is 446 g/mol. The van der Waals surface area contributed by atoms with Gasteiger partial charge in [-0.2, -0.15) is 15.5 Å². The molecule has 0 saturated heterocycles. The number of hydrogen-bond acceptors (Lipinski definition) is 5. The number of nitrogens with zero attached hydrogens (tertiary/aromatic N) is 4. The summed E-state index contributed by atoms with van der Waals surface area (Å²) in [5.41, 5.74) is 3.59. The van der Waals surface area contributed by atoms with Crippen LogP contribution in [0.15, 0.2) is 47.4 Å². The van der Waals surface area contributed by atoms with Gasteiger partial charge < -0.3 is 0 Å². The number of H-pyrrole nitrogens is 1. The standard InChI is InChI=1S/C23H16ClN5OS/c1-3-18-14-8-12(9-17(24)20(14)23(30)28-27-18)16-11-26-29(2)21(16)22-15(10-25)13-6-4-5-7-19(13)31-22/h4-9,11H,3H2,1-2H3,(H,28,30). The number of halogens is 1. The highest BCUT2D eigenvalue weighted by atomic mass is 35.5. The molecule has 6 nitrogen and oxygen atoms in total. The number of thiophene rings is 1. The quantitative estimate of drug-likeness (QED) is 0.408. The maximum absolute atomic E-state index is 12.3. The first-order valence-electron chi connectivity index (χ1n) is 9.68. The second kappa shape index (κ2) is 7.34. The van der Waals surface area contributed by atoms with Crippen LogP contribution >= 0.6 is 22.9 Å². The molecule has 5 aromatic rings. The second-order valence-corrected chi connectivity index (χ2v) is 8.64. The van der Waals surface area contributed by atoms with Crippen molar-refractivity contribution >= 4 is 43.8 Å². The number of nitrogens with one attached hydrogen (secondary N) is 1. The summed E-state index contributed by atoms with van der Waals surface area (Å²) in [6, 6.07) is 13.9. The molecular weight excluding hydrogens is 430 g/mol. The molecule has 3 heterocycles. The van der Waals surface area contributed by atoms with Crippen molar-refractivity contribution in [1.82, 2.24) is 20.0 Å². The summed E-state index contributed by atoms with van der Waals surface area (Å²) in [4.78, 5) is 13.2. The molecule has 31 heavy (non-hydrogen) atoms. The molecule has 0 aliphatic rings. The van der Waals surface area contributed by atoms with Crippen molar-refractivity contribution in [2.75, 3.05) is 0 Å². The van der Waals surface area contributed by atoms with E-state index < -0.39 is 0 Å². The number of fused-ring (bicyclic) bond motifs is 2. The summed E-state index contributed by atoms with van der Waals surface area (Å²) < 4.78 is 2.82. The minimum Gasteiger partial charge on any atom is -0.267 e. The number of aromatic nitrogens is 4. The Balaban J connectivity index is 1.82. The zero-order valence-electron chi connectivity index (χ0n) is 16.7. The Labute approximate surface area is 186 Å². The van der Waals surface area contributed by atoms with Gasteiger partial charge in [0.15, 0.2) is 0 Å². The molecule has 0 atom stereocenters. The lowest BCUT2D eigenvalue weighted by molar-refractivity contribution is 0.777. The molecule has 0 bridgehead atoms. The lowest BCUT2D eigenvalue weighted by Crippen LogP contribution is -2.11. The van der Waals surface area contributed by atoms with Gasteiger partial charge in [-0.25, -0.2) is 5.10 Å². The first-order chi connectivity index (χ1) is 15.0. The van der Waals surface area contributed by atoms with Gasteiger partial charge in [0, 0.05) is 28.1 Å². The summed E-state index contributed by atoms with van der Waals surface area (Å²) >= 11 is 8.11. The Kier molecular flexibility index (Phi) is 4.62. The van der Waals surface area contributed by atoms with E-state index in [1.165, 1.54) is 0 Å². The van der Waals surface area contributed by atoms with Crippen molar-refractivity contribution in [2.45, 2.75) is 13.3 Å². The summed E-state index contributed by atoms with van der Waals surface area (Å²) in [6.07, 6.45) is 2.42. The van der Waals surface area contributed by atoms with E-state index in [1.807, 2.05) is 44.3 Å². The first-order valence-corrected chi connectivity index (χ1v) is 10.9. The van der Waals surface area contributed by atoms with Gasteiger partial charge in [-0.15, -0.1) is 11.3 Å². The van der Waals surface area contributed by atoms with E-state index in [0.717, 1.165) is 42.9 Å². The molecule has 0 unspecified atom stereocenters. The smallest absolute Gasteiger partial charge is 0.267 e. The van der Waals surface area contributed by atoms with Crippen molar-refractivity contribution in [3.63, 3.8) is 0 Å². The molecule has 3 aromatic heterocycles. The second-order valence-electron chi connectivity index (χ2n) is 7.18. The monoisotopic (exact) mass is 445 g/mol. The van der Waals surface area contributed by atoms with Gasteiger partial charge in [0.1, 0.15) is 6.07 Å². The molecular formula is C23H16ClN5OS. The normalized spacial score (nSPS) is 11.3. The summed E-state index contributed by atoms with van der Waals surface area (Å²) in [5.74, 6) is 0. The third kappa shape index (κ3) is 2.95. The van der Waals surface area contributed by atoms with Crippen LogP contribution in [0.5, 0.6) is 0 Å². The fourth-order valence-electron chi connectivity index (χ4n) is 3.97. The van der Waals surface area contributed by atoms with Gasteiger partial charge >= 0.3 is 0 Å². The first kappa shape index (κ1) is 19.5. The predicted octanol–water partition coefficient (Wildman–Crippen LogP) is 5.29. The topological polar surface area (TPSA) is 87.4 Å². The highest BCUT2D eigenvalue weighted by Crippen LogP contribution is 2.43. The molecule has 0 radical (unpaired) electrons. The van der Waals surface area contributed by atoms with Crippen LogP contribution in [0.2, 0.25) is 5.02 Å². The number of hydrogen-bond donors (Lipinski definition) is 1. The Morgan fingerprint density at radius 2 is 2.06 bits per heavy atom. The fraction of sp³-hybridized carbons (Fsp3) is 0.130. The van der Waals surface area contributed by atoms with E-state index in [9.17, 15) is 10.1 Å². The average Bonchev–Trinajstić information content (AvgIpc) is 3.33. The molecule has 0 saturated carbocycles. The fourth-order valence-corrected chi connectivity index (χ4v) is 5.51. The van der Waals surface area contributed by atoms with Crippen LogP contribution in [0.25, 0.3) is 42.6 Å². The third-order valence-electron chi connectivity index (χ3n) is 5.43.